The number of rotatable bonds is 4. The molecule has 0 spiro atoms. The summed E-state index contributed by atoms with van der Waals surface area (Å²) in [6.07, 6.45) is 0.424. The average molecular weight is 464 g/mol. The van der Waals surface area contributed by atoms with Crippen LogP contribution in [0.25, 0.3) is 11.0 Å². The number of aryl methyl sites for hydroxylation is 2. The molecule has 1 amide bonds. The molecule has 1 fully saturated rings. The quantitative estimate of drug-likeness (QED) is 0.345. The Labute approximate surface area is 197 Å². The molecule has 0 bridgehead atoms. The van der Waals surface area contributed by atoms with E-state index in [1.54, 1.807) is 0 Å². The smallest absolute Gasteiger partial charge is 0.227 e. The maximum absolute atomic E-state index is 13.0. The molecular weight excluding hydrogens is 441 g/mol. The van der Waals surface area contributed by atoms with Crippen molar-refractivity contribution in [2.24, 2.45) is 0 Å². The van der Waals surface area contributed by atoms with Crippen molar-refractivity contribution in [1.82, 2.24) is 9.55 Å². The van der Waals surface area contributed by atoms with Gasteiger partial charge in [0.15, 0.2) is 0 Å². The molecule has 4 nitrogen and oxygen atoms in total. The fourth-order valence-electron chi connectivity index (χ4n) is 4.64. The van der Waals surface area contributed by atoms with Crippen LogP contribution in [0.2, 0.25) is 10.0 Å². The van der Waals surface area contributed by atoms with Gasteiger partial charge in [-0.2, -0.15) is 0 Å². The van der Waals surface area contributed by atoms with Crippen molar-refractivity contribution in [3.05, 3.63) is 93.2 Å². The molecule has 0 saturated carbocycles. The lowest BCUT2D eigenvalue weighted by Crippen LogP contribution is -2.25. The Morgan fingerprint density at radius 1 is 1.00 bits per heavy atom. The first-order valence-corrected chi connectivity index (χ1v) is 11.4. The predicted octanol–water partition coefficient (Wildman–Crippen LogP) is 6.53. The molecule has 4 aromatic rings. The summed E-state index contributed by atoms with van der Waals surface area (Å²) in [5, 5.41) is 1.25. The van der Waals surface area contributed by atoms with Gasteiger partial charge in [-0.25, -0.2) is 4.98 Å². The summed E-state index contributed by atoms with van der Waals surface area (Å²) in [6.45, 7) is 5.22. The fraction of sp³-hybridized carbons (Fsp3) is 0.231. The van der Waals surface area contributed by atoms with Crippen molar-refractivity contribution in [2.45, 2.75) is 32.7 Å². The second-order valence-electron chi connectivity index (χ2n) is 8.44. The number of amides is 1. The lowest BCUT2D eigenvalue weighted by molar-refractivity contribution is -0.117. The molecule has 5 rings (SSSR count). The molecule has 1 aliphatic heterocycles. The third kappa shape index (κ3) is 3.68. The van der Waals surface area contributed by atoms with Gasteiger partial charge in [-0.1, -0.05) is 59.1 Å². The highest BCUT2D eigenvalue weighted by molar-refractivity contribution is 6.36. The third-order valence-corrected chi connectivity index (χ3v) is 6.90. The Morgan fingerprint density at radius 3 is 2.50 bits per heavy atom. The minimum Gasteiger partial charge on any atom is -0.323 e. The van der Waals surface area contributed by atoms with Crippen LogP contribution in [-0.4, -0.2) is 22.0 Å². The predicted molar refractivity (Wildman–Crippen MR) is 131 cm³/mol. The van der Waals surface area contributed by atoms with E-state index in [1.165, 1.54) is 5.56 Å². The number of anilines is 1. The van der Waals surface area contributed by atoms with Crippen LogP contribution in [0.1, 0.15) is 34.9 Å². The maximum Gasteiger partial charge on any atom is 0.227 e. The number of hydrogen-bond acceptors (Lipinski definition) is 2. The number of benzene rings is 3. The van der Waals surface area contributed by atoms with Crippen molar-refractivity contribution in [3.63, 3.8) is 0 Å². The van der Waals surface area contributed by atoms with E-state index >= 15 is 0 Å². The number of nitrogens with zero attached hydrogens (tertiary/aromatic N) is 3. The minimum atomic E-state index is -0.0168. The lowest BCUT2D eigenvalue weighted by Gasteiger charge is -2.20. The van der Waals surface area contributed by atoms with Crippen LogP contribution in [-0.2, 0) is 11.3 Å². The number of carbonyl (C=O) groups excluding carboxylic acids is 1. The van der Waals surface area contributed by atoms with Crippen molar-refractivity contribution in [3.8, 4) is 0 Å². The molecule has 0 aliphatic carbocycles. The summed E-state index contributed by atoms with van der Waals surface area (Å²) in [5.74, 6) is 0.996. The average Bonchev–Trinajstić information content (AvgIpc) is 3.31. The second kappa shape index (κ2) is 8.27. The van der Waals surface area contributed by atoms with E-state index in [4.69, 9.17) is 28.2 Å². The molecule has 1 unspecified atom stereocenters. The molecule has 3 aromatic carbocycles. The number of aromatic nitrogens is 2. The number of para-hydroxylation sites is 2. The molecule has 32 heavy (non-hydrogen) atoms. The zero-order valence-corrected chi connectivity index (χ0v) is 19.5. The zero-order chi connectivity index (χ0) is 22.4. The number of halogens is 2. The Bertz CT molecular complexity index is 1320. The van der Waals surface area contributed by atoms with Crippen LogP contribution in [0.3, 0.4) is 0 Å². The van der Waals surface area contributed by atoms with E-state index < -0.39 is 0 Å². The van der Waals surface area contributed by atoms with E-state index in [-0.39, 0.29) is 11.8 Å². The Kier molecular flexibility index (Phi) is 5.44. The van der Waals surface area contributed by atoms with Crippen LogP contribution in [0.15, 0.2) is 60.7 Å². The van der Waals surface area contributed by atoms with Gasteiger partial charge in [0.25, 0.3) is 0 Å². The van der Waals surface area contributed by atoms with Crippen LogP contribution in [0.4, 0.5) is 5.69 Å². The monoisotopic (exact) mass is 463 g/mol. The highest BCUT2D eigenvalue weighted by Crippen LogP contribution is 2.36. The number of carbonyl (C=O) groups is 1. The summed E-state index contributed by atoms with van der Waals surface area (Å²) in [5.41, 5.74) is 6.04. The lowest BCUT2D eigenvalue weighted by atomic mass is 10.1. The second-order valence-corrected chi connectivity index (χ2v) is 9.25. The highest BCUT2D eigenvalue weighted by atomic mass is 35.5. The Morgan fingerprint density at radius 2 is 1.75 bits per heavy atom. The molecule has 1 aliphatic rings. The normalized spacial score (nSPS) is 16.3. The first-order valence-electron chi connectivity index (χ1n) is 10.7. The molecule has 6 heteroatoms. The summed E-state index contributed by atoms with van der Waals surface area (Å²) >= 11 is 13.0. The van der Waals surface area contributed by atoms with Gasteiger partial charge in [-0.3, -0.25) is 4.79 Å². The van der Waals surface area contributed by atoms with Crippen molar-refractivity contribution in [2.75, 3.05) is 11.4 Å². The topological polar surface area (TPSA) is 38.1 Å². The number of imidazole rings is 1. The first-order chi connectivity index (χ1) is 15.4. The summed E-state index contributed by atoms with van der Waals surface area (Å²) in [7, 11) is 0. The standard InChI is InChI=1S/C26H23Cl2N3O/c1-16-10-11-23(17(2)12-16)30-14-18(13-25(30)32)26-29-22-8-3-4-9-24(22)31(26)15-19-20(27)6-5-7-21(19)28/h3-12,18H,13-15H2,1-2H3. The molecular formula is C26H23Cl2N3O. The summed E-state index contributed by atoms with van der Waals surface area (Å²) in [6, 6.07) is 19.8. The van der Waals surface area contributed by atoms with Gasteiger partial charge in [0, 0.05) is 40.2 Å². The van der Waals surface area contributed by atoms with Crippen LogP contribution in [0.5, 0.6) is 0 Å². The molecule has 2 heterocycles. The summed E-state index contributed by atoms with van der Waals surface area (Å²) in [4.78, 5) is 19.9. The van der Waals surface area contributed by atoms with Gasteiger partial charge in [0.1, 0.15) is 5.82 Å². The highest BCUT2D eigenvalue weighted by Gasteiger charge is 2.35. The number of hydrogen-bond donors (Lipinski definition) is 0. The van der Waals surface area contributed by atoms with Gasteiger partial charge < -0.3 is 9.47 Å². The van der Waals surface area contributed by atoms with E-state index in [0.29, 0.717) is 29.6 Å². The van der Waals surface area contributed by atoms with Gasteiger partial charge in [-0.15, -0.1) is 0 Å². The fourth-order valence-corrected chi connectivity index (χ4v) is 5.15. The van der Waals surface area contributed by atoms with Crippen LogP contribution in [0, 0.1) is 13.8 Å². The third-order valence-electron chi connectivity index (χ3n) is 6.20. The SMILES string of the molecule is Cc1ccc(N2CC(c3nc4ccccc4n3Cc3c(Cl)cccc3Cl)CC2=O)c(C)c1. The van der Waals surface area contributed by atoms with Crippen molar-refractivity contribution < 1.29 is 4.79 Å². The molecule has 1 atom stereocenters. The van der Waals surface area contributed by atoms with Crippen molar-refractivity contribution >= 4 is 45.8 Å². The Hall–Kier alpha value is -2.82. The van der Waals surface area contributed by atoms with Crippen LogP contribution < -0.4 is 4.90 Å². The van der Waals surface area contributed by atoms with E-state index in [2.05, 4.69) is 36.6 Å². The Balaban J connectivity index is 1.56. The largest absolute Gasteiger partial charge is 0.323 e. The molecule has 0 radical (unpaired) electrons. The van der Waals surface area contributed by atoms with Gasteiger partial charge in [-0.05, 0) is 49.7 Å². The zero-order valence-electron chi connectivity index (χ0n) is 18.0. The van der Waals surface area contributed by atoms with E-state index in [1.807, 2.05) is 47.4 Å². The molecule has 1 aromatic heterocycles. The summed E-state index contributed by atoms with van der Waals surface area (Å²) < 4.78 is 2.16. The molecule has 0 N–H and O–H groups in total. The first kappa shape index (κ1) is 21.0. The van der Waals surface area contributed by atoms with E-state index in [0.717, 1.165) is 33.7 Å². The van der Waals surface area contributed by atoms with Crippen LogP contribution >= 0.6 is 23.2 Å². The number of fused-ring (bicyclic) bond motifs is 1. The van der Waals surface area contributed by atoms with Gasteiger partial charge >= 0.3 is 0 Å². The van der Waals surface area contributed by atoms with Gasteiger partial charge in [0.05, 0.1) is 17.6 Å². The molecule has 162 valence electrons. The van der Waals surface area contributed by atoms with Gasteiger partial charge in [0.2, 0.25) is 5.91 Å². The van der Waals surface area contributed by atoms with Crippen molar-refractivity contribution in [1.29, 1.82) is 0 Å². The maximum atomic E-state index is 13.0. The minimum absolute atomic E-state index is 0.0168. The molecule has 1 saturated heterocycles. The van der Waals surface area contributed by atoms with E-state index in [9.17, 15) is 4.79 Å².